The number of hydrogen-bond acceptors (Lipinski definition) is 4. The van der Waals surface area contributed by atoms with Crippen LogP contribution in [0.15, 0.2) is 24.3 Å². The van der Waals surface area contributed by atoms with Gasteiger partial charge in [0.2, 0.25) is 5.91 Å². The zero-order valence-electron chi connectivity index (χ0n) is 13.3. The second kappa shape index (κ2) is 7.11. The Labute approximate surface area is 131 Å². The van der Waals surface area contributed by atoms with Gasteiger partial charge in [0.15, 0.2) is 0 Å². The molecule has 0 aromatic heterocycles. The SMILES string of the molecule is CCN(CC(O)c1cccc(O)c1)C(=O)C1(COC)CCC1. The van der Waals surface area contributed by atoms with Gasteiger partial charge in [0.05, 0.1) is 24.7 Å². The molecule has 1 aliphatic carbocycles. The van der Waals surface area contributed by atoms with Crippen LogP contribution in [0.5, 0.6) is 5.75 Å². The number of phenols is 1. The van der Waals surface area contributed by atoms with Gasteiger partial charge in [-0.2, -0.15) is 0 Å². The Hall–Kier alpha value is -1.59. The first-order valence-corrected chi connectivity index (χ1v) is 7.77. The highest BCUT2D eigenvalue weighted by Crippen LogP contribution is 2.43. The predicted molar refractivity (Wildman–Crippen MR) is 83.5 cm³/mol. The molecule has 22 heavy (non-hydrogen) atoms. The lowest BCUT2D eigenvalue weighted by molar-refractivity contribution is -0.153. The first kappa shape index (κ1) is 16.8. The monoisotopic (exact) mass is 307 g/mol. The van der Waals surface area contributed by atoms with Crippen LogP contribution in [-0.2, 0) is 9.53 Å². The molecule has 122 valence electrons. The molecule has 0 aliphatic heterocycles. The third-order valence-electron chi connectivity index (χ3n) is 4.50. The van der Waals surface area contributed by atoms with Gasteiger partial charge in [-0.3, -0.25) is 4.79 Å². The van der Waals surface area contributed by atoms with Crippen LogP contribution in [0.4, 0.5) is 0 Å². The van der Waals surface area contributed by atoms with E-state index in [1.807, 2.05) is 6.92 Å². The maximum absolute atomic E-state index is 12.8. The van der Waals surface area contributed by atoms with Crippen molar-refractivity contribution in [3.8, 4) is 5.75 Å². The fourth-order valence-corrected chi connectivity index (χ4v) is 3.04. The lowest BCUT2D eigenvalue weighted by Gasteiger charge is -2.43. The Morgan fingerprint density at radius 1 is 1.45 bits per heavy atom. The average molecular weight is 307 g/mol. The van der Waals surface area contributed by atoms with Crippen LogP contribution in [0.25, 0.3) is 0 Å². The normalized spacial score (nSPS) is 17.6. The molecule has 1 saturated carbocycles. The number of aliphatic hydroxyl groups is 1. The van der Waals surface area contributed by atoms with Gasteiger partial charge in [-0.25, -0.2) is 0 Å². The number of amides is 1. The van der Waals surface area contributed by atoms with E-state index in [1.165, 1.54) is 6.07 Å². The minimum atomic E-state index is -0.810. The highest BCUT2D eigenvalue weighted by atomic mass is 16.5. The smallest absolute Gasteiger partial charge is 0.231 e. The van der Waals surface area contributed by atoms with Crippen molar-refractivity contribution in [3.05, 3.63) is 29.8 Å². The molecular weight excluding hydrogens is 282 g/mol. The molecule has 1 aromatic carbocycles. The highest BCUT2D eigenvalue weighted by molar-refractivity contribution is 5.83. The van der Waals surface area contributed by atoms with Crippen molar-refractivity contribution < 1.29 is 19.7 Å². The molecule has 0 saturated heterocycles. The molecule has 2 rings (SSSR count). The number of carbonyl (C=O) groups is 1. The lowest BCUT2D eigenvalue weighted by Crippen LogP contribution is -2.51. The van der Waals surface area contributed by atoms with Gasteiger partial charge in [0.1, 0.15) is 5.75 Å². The summed E-state index contributed by atoms with van der Waals surface area (Å²) >= 11 is 0. The van der Waals surface area contributed by atoms with Gasteiger partial charge in [-0.1, -0.05) is 18.6 Å². The Morgan fingerprint density at radius 2 is 2.18 bits per heavy atom. The summed E-state index contributed by atoms with van der Waals surface area (Å²) in [5.41, 5.74) is 0.198. The molecule has 1 unspecified atom stereocenters. The number of ether oxygens (including phenoxy) is 1. The molecule has 0 spiro atoms. The summed E-state index contributed by atoms with van der Waals surface area (Å²) in [6, 6.07) is 6.51. The first-order valence-electron chi connectivity index (χ1n) is 7.77. The van der Waals surface area contributed by atoms with Crippen molar-refractivity contribution in [2.45, 2.75) is 32.3 Å². The van der Waals surface area contributed by atoms with Gasteiger partial charge >= 0.3 is 0 Å². The van der Waals surface area contributed by atoms with Crippen LogP contribution in [0.1, 0.15) is 37.9 Å². The molecule has 5 heteroatoms. The summed E-state index contributed by atoms with van der Waals surface area (Å²) in [6.45, 7) is 3.11. The van der Waals surface area contributed by atoms with Gasteiger partial charge in [-0.05, 0) is 37.5 Å². The molecule has 1 amide bonds. The number of phenolic OH excluding ortho intramolecular Hbond substituents is 1. The maximum Gasteiger partial charge on any atom is 0.231 e. The number of methoxy groups -OCH3 is 1. The number of hydrogen-bond donors (Lipinski definition) is 2. The van der Waals surface area contributed by atoms with E-state index in [4.69, 9.17) is 4.74 Å². The molecule has 1 aliphatic rings. The summed E-state index contributed by atoms with van der Waals surface area (Å²) in [5.74, 6) is 0.170. The molecule has 2 N–H and O–H groups in total. The third kappa shape index (κ3) is 3.42. The van der Waals surface area contributed by atoms with E-state index < -0.39 is 11.5 Å². The molecule has 5 nitrogen and oxygen atoms in total. The van der Waals surface area contributed by atoms with Crippen molar-refractivity contribution in [2.75, 3.05) is 26.8 Å². The van der Waals surface area contributed by atoms with Gasteiger partial charge in [-0.15, -0.1) is 0 Å². The summed E-state index contributed by atoms with van der Waals surface area (Å²) in [6.07, 6.45) is 1.93. The number of benzene rings is 1. The molecule has 0 heterocycles. The van der Waals surface area contributed by atoms with E-state index in [9.17, 15) is 15.0 Å². The number of aromatic hydroxyl groups is 1. The number of likely N-dealkylation sites (N-methyl/N-ethyl adjacent to an activating group) is 1. The summed E-state index contributed by atoms with van der Waals surface area (Å²) in [7, 11) is 1.62. The second-order valence-corrected chi connectivity index (χ2v) is 6.02. The Kier molecular flexibility index (Phi) is 5.42. The Morgan fingerprint density at radius 3 is 2.68 bits per heavy atom. The topological polar surface area (TPSA) is 70.0 Å². The van der Waals surface area contributed by atoms with Crippen molar-refractivity contribution in [2.24, 2.45) is 5.41 Å². The molecule has 1 aromatic rings. The molecule has 1 atom stereocenters. The second-order valence-electron chi connectivity index (χ2n) is 6.02. The predicted octanol–water partition coefficient (Wildman–Crippen LogP) is 2.09. The zero-order valence-corrected chi connectivity index (χ0v) is 13.3. The van der Waals surface area contributed by atoms with E-state index in [2.05, 4.69) is 0 Å². The summed E-state index contributed by atoms with van der Waals surface area (Å²) < 4.78 is 5.23. The first-order chi connectivity index (χ1) is 10.5. The molecule has 0 bridgehead atoms. The maximum atomic E-state index is 12.8. The fourth-order valence-electron chi connectivity index (χ4n) is 3.04. The van der Waals surface area contributed by atoms with Crippen molar-refractivity contribution in [1.29, 1.82) is 0 Å². The molecule has 0 radical (unpaired) electrons. The third-order valence-corrected chi connectivity index (χ3v) is 4.50. The standard InChI is InChI=1S/C17H25NO4/c1-3-18(16(21)17(12-22-2)8-5-9-17)11-15(20)13-6-4-7-14(19)10-13/h4,6-7,10,15,19-20H,3,5,8-9,11-12H2,1-2H3. The minimum Gasteiger partial charge on any atom is -0.508 e. The summed E-state index contributed by atoms with van der Waals surface area (Å²) in [5, 5.41) is 19.8. The number of rotatable bonds is 7. The van der Waals surface area contributed by atoms with Crippen molar-refractivity contribution >= 4 is 5.91 Å². The Balaban J connectivity index is 2.06. The lowest BCUT2D eigenvalue weighted by atomic mass is 9.68. The zero-order chi connectivity index (χ0) is 16.2. The summed E-state index contributed by atoms with van der Waals surface area (Å²) in [4.78, 5) is 14.5. The van der Waals surface area contributed by atoms with Crippen LogP contribution < -0.4 is 0 Å². The fraction of sp³-hybridized carbons (Fsp3) is 0.588. The van der Waals surface area contributed by atoms with E-state index in [0.29, 0.717) is 18.7 Å². The van der Waals surface area contributed by atoms with Crippen LogP contribution in [0.2, 0.25) is 0 Å². The Bertz CT molecular complexity index is 513. The van der Waals surface area contributed by atoms with Crippen molar-refractivity contribution in [3.63, 3.8) is 0 Å². The number of nitrogens with zero attached hydrogens (tertiary/aromatic N) is 1. The van der Waals surface area contributed by atoms with Gasteiger partial charge < -0.3 is 19.8 Å². The van der Waals surface area contributed by atoms with E-state index in [-0.39, 0.29) is 18.2 Å². The van der Waals surface area contributed by atoms with E-state index in [0.717, 1.165) is 19.3 Å². The van der Waals surface area contributed by atoms with Gasteiger partial charge in [0.25, 0.3) is 0 Å². The van der Waals surface area contributed by atoms with Crippen LogP contribution >= 0.6 is 0 Å². The van der Waals surface area contributed by atoms with Crippen LogP contribution in [0.3, 0.4) is 0 Å². The number of aliphatic hydroxyl groups excluding tert-OH is 1. The molecule has 1 fully saturated rings. The van der Waals surface area contributed by atoms with E-state index >= 15 is 0 Å². The van der Waals surface area contributed by atoms with Gasteiger partial charge in [0, 0.05) is 13.7 Å². The largest absolute Gasteiger partial charge is 0.508 e. The highest BCUT2D eigenvalue weighted by Gasteiger charge is 2.46. The quantitative estimate of drug-likeness (QED) is 0.809. The van der Waals surface area contributed by atoms with E-state index in [1.54, 1.807) is 30.2 Å². The number of carbonyl (C=O) groups excluding carboxylic acids is 1. The molecular formula is C17H25NO4. The van der Waals surface area contributed by atoms with Crippen molar-refractivity contribution in [1.82, 2.24) is 4.90 Å². The van der Waals surface area contributed by atoms with Crippen LogP contribution in [-0.4, -0.2) is 47.8 Å². The van der Waals surface area contributed by atoms with Crippen LogP contribution in [0, 0.1) is 5.41 Å². The average Bonchev–Trinajstić information content (AvgIpc) is 2.47. The minimum absolute atomic E-state index is 0.0577.